The molecule has 1 N–H and O–H groups in total. The van der Waals surface area contributed by atoms with Crippen LogP contribution in [0.4, 0.5) is 0 Å². The molecule has 2 aliphatic carbocycles. The molecule has 0 radical (unpaired) electrons. The van der Waals surface area contributed by atoms with Gasteiger partial charge in [0, 0.05) is 18.3 Å². The van der Waals surface area contributed by atoms with Crippen molar-refractivity contribution in [2.24, 2.45) is 0 Å². The van der Waals surface area contributed by atoms with Crippen LogP contribution in [0.25, 0.3) is 0 Å². The number of rotatable bonds is 3. The molecule has 0 aromatic heterocycles. The molecule has 0 aromatic rings. The summed E-state index contributed by atoms with van der Waals surface area (Å²) in [5.74, 6) is 0. The summed E-state index contributed by atoms with van der Waals surface area (Å²) in [6, 6.07) is 0.831. The van der Waals surface area contributed by atoms with E-state index < -0.39 is 9.84 Å². The second-order valence-corrected chi connectivity index (χ2v) is 6.96. The lowest BCUT2D eigenvalue weighted by Crippen LogP contribution is -2.47. The van der Waals surface area contributed by atoms with Crippen molar-refractivity contribution in [1.82, 2.24) is 5.32 Å². The topological polar surface area (TPSA) is 46.2 Å². The predicted octanol–water partition coefficient (Wildman–Crippen LogP) is 1.09. The molecule has 2 aliphatic rings. The Hall–Kier alpha value is -0.0900. The van der Waals surface area contributed by atoms with Crippen LogP contribution in [0.15, 0.2) is 0 Å². The monoisotopic (exact) mass is 217 g/mol. The van der Waals surface area contributed by atoms with Crippen LogP contribution in [0.2, 0.25) is 0 Å². The second kappa shape index (κ2) is 3.81. The molecule has 0 saturated heterocycles. The van der Waals surface area contributed by atoms with Crippen LogP contribution < -0.4 is 5.32 Å². The Bertz CT molecular complexity index is 295. The zero-order valence-electron chi connectivity index (χ0n) is 8.70. The molecule has 2 unspecified atom stereocenters. The Morgan fingerprint density at radius 1 is 1.07 bits per heavy atom. The van der Waals surface area contributed by atoms with E-state index in [4.69, 9.17) is 0 Å². The van der Waals surface area contributed by atoms with Crippen LogP contribution in [0.5, 0.6) is 0 Å². The van der Waals surface area contributed by atoms with E-state index in [1.165, 1.54) is 25.5 Å². The third-order valence-electron chi connectivity index (χ3n) is 3.56. The number of sulfone groups is 1. The summed E-state index contributed by atoms with van der Waals surface area (Å²) >= 11 is 0. The Morgan fingerprint density at radius 3 is 2.21 bits per heavy atom. The minimum absolute atomic E-state index is 0.122. The number of nitrogens with one attached hydrogen (secondary N) is 1. The van der Waals surface area contributed by atoms with Crippen LogP contribution in [0.3, 0.4) is 0 Å². The summed E-state index contributed by atoms with van der Waals surface area (Å²) in [6.45, 7) is 0. The summed E-state index contributed by atoms with van der Waals surface area (Å²) in [4.78, 5) is 0. The van der Waals surface area contributed by atoms with E-state index in [1.54, 1.807) is 0 Å². The van der Waals surface area contributed by atoms with Crippen molar-refractivity contribution >= 4 is 9.84 Å². The van der Waals surface area contributed by atoms with E-state index in [0.717, 1.165) is 19.3 Å². The van der Waals surface area contributed by atoms with Crippen molar-refractivity contribution in [2.75, 3.05) is 6.26 Å². The first-order chi connectivity index (χ1) is 6.57. The van der Waals surface area contributed by atoms with Gasteiger partial charge in [-0.25, -0.2) is 8.42 Å². The summed E-state index contributed by atoms with van der Waals surface area (Å²) in [5.41, 5.74) is 0. The SMILES string of the molecule is CS(=O)(=O)C1CCCC1NC1CCC1. The lowest BCUT2D eigenvalue weighted by atomic mass is 9.92. The Kier molecular flexibility index (Phi) is 2.84. The molecule has 0 bridgehead atoms. The minimum Gasteiger partial charge on any atom is -0.310 e. The van der Waals surface area contributed by atoms with Crippen molar-refractivity contribution in [3.05, 3.63) is 0 Å². The van der Waals surface area contributed by atoms with Gasteiger partial charge in [0.25, 0.3) is 0 Å². The van der Waals surface area contributed by atoms with E-state index in [-0.39, 0.29) is 11.3 Å². The van der Waals surface area contributed by atoms with Gasteiger partial charge in [-0.15, -0.1) is 0 Å². The molecular weight excluding hydrogens is 198 g/mol. The van der Waals surface area contributed by atoms with Gasteiger partial charge in [-0.2, -0.15) is 0 Å². The fraction of sp³-hybridized carbons (Fsp3) is 1.00. The van der Waals surface area contributed by atoms with Crippen molar-refractivity contribution < 1.29 is 8.42 Å². The maximum Gasteiger partial charge on any atom is 0.151 e. The van der Waals surface area contributed by atoms with Gasteiger partial charge in [-0.3, -0.25) is 0 Å². The van der Waals surface area contributed by atoms with Crippen LogP contribution in [-0.4, -0.2) is 32.0 Å². The molecule has 14 heavy (non-hydrogen) atoms. The molecule has 2 rings (SSSR count). The van der Waals surface area contributed by atoms with Gasteiger partial charge in [0.15, 0.2) is 9.84 Å². The van der Waals surface area contributed by atoms with Gasteiger partial charge in [0.05, 0.1) is 5.25 Å². The standard InChI is InChI=1S/C10H19NO2S/c1-14(12,13)10-7-3-6-9(10)11-8-4-2-5-8/h8-11H,2-7H2,1H3. The highest BCUT2D eigenvalue weighted by molar-refractivity contribution is 7.91. The van der Waals surface area contributed by atoms with Gasteiger partial charge in [0.1, 0.15) is 0 Å². The molecule has 2 atom stereocenters. The van der Waals surface area contributed by atoms with E-state index in [1.807, 2.05) is 0 Å². The average Bonchev–Trinajstić information content (AvgIpc) is 2.42. The third-order valence-corrected chi connectivity index (χ3v) is 5.22. The van der Waals surface area contributed by atoms with Crippen molar-refractivity contribution in [3.8, 4) is 0 Å². The van der Waals surface area contributed by atoms with Crippen molar-refractivity contribution in [1.29, 1.82) is 0 Å². The Balaban J connectivity index is 1.96. The minimum atomic E-state index is -2.84. The first kappa shape index (κ1) is 10.4. The fourth-order valence-electron chi connectivity index (χ4n) is 2.51. The zero-order valence-corrected chi connectivity index (χ0v) is 9.52. The number of hydrogen-bond acceptors (Lipinski definition) is 3. The maximum atomic E-state index is 11.5. The largest absolute Gasteiger partial charge is 0.310 e. The van der Waals surface area contributed by atoms with Gasteiger partial charge >= 0.3 is 0 Å². The summed E-state index contributed by atoms with van der Waals surface area (Å²) < 4.78 is 23.0. The quantitative estimate of drug-likeness (QED) is 0.770. The van der Waals surface area contributed by atoms with Gasteiger partial charge < -0.3 is 5.32 Å². The molecule has 0 aliphatic heterocycles. The van der Waals surface area contributed by atoms with Crippen LogP contribution in [0.1, 0.15) is 38.5 Å². The van der Waals surface area contributed by atoms with Crippen molar-refractivity contribution in [3.63, 3.8) is 0 Å². The van der Waals surface area contributed by atoms with Crippen LogP contribution >= 0.6 is 0 Å². The Labute approximate surface area is 86.2 Å². The predicted molar refractivity (Wildman–Crippen MR) is 57.0 cm³/mol. The molecule has 0 spiro atoms. The zero-order chi connectivity index (χ0) is 10.2. The van der Waals surface area contributed by atoms with Gasteiger partial charge in [-0.1, -0.05) is 12.8 Å². The molecule has 4 heteroatoms. The second-order valence-electron chi connectivity index (χ2n) is 4.70. The summed E-state index contributed by atoms with van der Waals surface area (Å²) in [5, 5.41) is 3.37. The molecule has 2 fully saturated rings. The average molecular weight is 217 g/mol. The number of hydrogen-bond donors (Lipinski definition) is 1. The van der Waals surface area contributed by atoms with E-state index in [2.05, 4.69) is 5.32 Å². The summed E-state index contributed by atoms with van der Waals surface area (Å²) in [6.07, 6.45) is 8.08. The summed E-state index contributed by atoms with van der Waals surface area (Å²) in [7, 11) is -2.84. The van der Waals surface area contributed by atoms with Gasteiger partial charge in [0.2, 0.25) is 0 Å². The highest BCUT2D eigenvalue weighted by Gasteiger charge is 2.36. The van der Waals surface area contributed by atoms with Gasteiger partial charge in [-0.05, 0) is 25.7 Å². The molecule has 0 amide bonds. The lowest BCUT2D eigenvalue weighted by molar-refractivity contribution is 0.305. The first-order valence-corrected chi connectivity index (χ1v) is 7.48. The highest BCUT2D eigenvalue weighted by Crippen LogP contribution is 2.28. The molecule has 82 valence electrons. The van der Waals surface area contributed by atoms with Crippen LogP contribution in [-0.2, 0) is 9.84 Å². The first-order valence-electron chi connectivity index (χ1n) is 5.52. The fourth-order valence-corrected chi connectivity index (χ4v) is 3.91. The highest BCUT2D eigenvalue weighted by atomic mass is 32.2. The molecule has 0 heterocycles. The molecule has 3 nitrogen and oxygen atoms in total. The molecule has 2 saturated carbocycles. The van der Waals surface area contributed by atoms with E-state index in [9.17, 15) is 8.42 Å². The smallest absolute Gasteiger partial charge is 0.151 e. The molecular formula is C10H19NO2S. The van der Waals surface area contributed by atoms with Crippen LogP contribution in [0, 0.1) is 0 Å². The lowest BCUT2D eigenvalue weighted by Gasteiger charge is -2.31. The maximum absolute atomic E-state index is 11.5. The van der Waals surface area contributed by atoms with E-state index >= 15 is 0 Å². The Morgan fingerprint density at radius 2 is 1.71 bits per heavy atom. The normalized spacial score (nSPS) is 34.4. The van der Waals surface area contributed by atoms with Crippen molar-refractivity contribution in [2.45, 2.75) is 55.9 Å². The van der Waals surface area contributed by atoms with E-state index in [0.29, 0.717) is 6.04 Å². The third kappa shape index (κ3) is 2.11. The molecule has 0 aromatic carbocycles.